The molecule has 3 fully saturated rings. The van der Waals surface area contributed by atoms with Crippen molar-refractivity contribution in [2.75, 3.05) is 58.2 Å². The molecule has 8 aliphatic rings. The molecule has 0 aromatic heterocycles. The summed E-state index contributed by atoms with van der Waals surface area (Å²) < 4.78 is 81.5. The van der Waals surface area contributed by atoms with Crippen molar-refractivity contribution in [3.05, 3.63) is 141 Å². The van der Waals surface area contributed by atoms with Crippen LogP contribution >= 0.6 is 23.2 Å². The number of aromatic hydroxyl groups is 3. The molecule has 674 valence electrons. The fraction of sp³-hybridized carbons (Fsp3) is 0.438. The van der Waals surface area contributed by atoms with E-state index in [2.05, 4.69) is 62.9 Å². The summed E-state index contributed by atoms with van der Waals surface area (Å²) in [6.07, 6.45) is -24.1. The van der Waals surface area contributed by atoms with Crippen molar-refractivity contribution < 1.29 is 141 Å². The van der Waals surface area contributed by atoms with Gasteiger partial charge in [0.15, 0.2) is 23.9 Å². The second-order valence-corrected chi connectivity index (χ2v) is 32.0. The molecule has 125 heavy (non-hydrogen) atoms. The van der Waals surface area contributed by atoms with Gasteiger partial charge >= 0.3 is 12.4 Å². The number of hydrazine groups is 1. The van der Waals surface area contributed by atoms with Gasteiger partial charge < -0.3 is 133 Å². The number of piperazine rings is 1. The van der Waals surface area contributed by atoms with E-state index in [0.717, 1.165) is 78.9 Å². The molecule has 8 aliphatic heterocycles. The number of nitrogens with two attached hydrogens (primary N) is 1. The van der Waals surface area contributed by atoms with Crippen LogP contribution in [0.1, 0.15) is 105 Å². The van der Waals surface area contributed by atoms with E-state index < -0.39 is 260 Å². The fourth-order valence-corrected chi connectivity index (χ4v) is 15.8. The first-order chi connectivity index (χ1) is 59.2. The van der Waals surface area contributed by atoms with Crippen LogP contribution in [-0.4, -0.2) is 253 Å². The Morgan fingerprint density at radius 1 is 0.712 bits per heavy atom. The summed E-state index contributed by atoms with van der Waals surface area (Å²) in [5.74, 6) is -16.5. The smallest absolute Gasteiger partial charge is 0.508 e. The van der Waals surface area contributed by atoms with Crippen molar-refractivity contribution in [2.24, 2.45) is 11.7 Å². The van der Waals surface area contributed by atoms with Crippen molar-refractivity contribution in [2.45, 2.75) is 163 Å². The number of nitrogens with zero attached hydrogens (tertiary/aromatic N) is 2. The lowest BCUT2D eigenvalue weighted by Gasteiger charge is -2.48. The maximum Gasteiger partial charge on any atom is 0.573 e. The lowest BCUT2D eigenvalue weighted by atomic mass is 9.85. The Bertz CT molecular complexity index is 5040. The van der Waals surface area contributed by atoms with Crippen LogP contribution in [0.15, 0.2) is 103 Å². The predicted molar refractivity (Wildman–Crippen MR) is 429 cm³/mol. The quantitative estimate of drug-likeness (QED) is 0.0379. The average Bonchev–Trinajstić information content (AvgIpc) is 0.763. The molecule has 16 unspecified atom stereocenters. The van der Waals surface area contributed by atoms with Crippen molar-refractivity contribution in [1.82, 2.24) is 63.3 Å². The number of likely N-dealkylation sites (N-methyl/N-ethyl adjacent to an activating group) is 1. The van der Waals surface area contributed by atoms with Gasteiger partial charge in [-0.15, -0.1) is 13.2 Å². The molecule has 18 atom stereocenters. The van der Waals surface area contributed by atoms with Crippen LogP contribution in [0.4, 0.5) is 23.7 Å². The van der Waals surface area contributed by atoms with Gasteiger partial charge in [0.1, 0.15) is 101 Å². The van der Waals surface area contributed by atoms with Crippen LogP contribution in [0.5, 0.6) is 51.7 Å². The monoisotopic (exact) mass is 1790 g/mol. The van der Waals surface area contributed by atoms with Crippen LogP contribution < -0.4 is 83.4 Å². The Morgan fingerprint density at radius 3 is 1.94 bits per heavy atom. The van der Waals surface area contributed by atoms with E-state index in [4.69, 9.17) is 57.4 Å². The molecule has 11 bridgehead atoms. The highest BCUT2D eigenvalue weighted by molar-refractivity contribution is 6.32. The number of phenolic OH excluding ortho intramolecular Hbond substituents is 3. The number of nitrogens with one attached hydrogen (secondary N) is 11. The van der Waals surface area contributed by atoms with Gasteiger partial charge in [-0.2, -0.15) is 0 Å². The third-order valence-electron chi connectivity index (χ3n) is 21.8. The number of urea groups is 1. The molecule has 0 spiro atoms. The normalized spacial score (nSPS) is 27.1. The van der Waals surface area contributed by atoms with Gasteiger partial charge in [-0.3, -0.25) is 53.9 Å². The summed E-state index contributed by atoms with van der Waals surface area (Å²) in [5.41, 5.74) is 5.83. The van der Waals surface area contributed by atoms with Gasteiger partial charge in [0.2, 0.25) is 53.4 Å². The molecule has 0 saturated carbocycles. The lowest BCUT2D eigenvalue weighted by Crippen LogP contribution is -2.66. The third-order valence-corrected chi connectivity index (χ3v) is 22.4. The van der Waals surface area contributed by atoms with Crippen LogP contribution in [0.2, 0.25) is 10.0 Å². The van der Waals surface area contributed by atoms with Gasteiger partial charge in [0, 0.05) is 74.1 Å². The van der Waals surface area contributed by atoms with Gasteiger partial charge in [-0.1, -0.05) is 55.2 Å². The number of carbonyl (C=O) groups is 9. The highest BCUT2D eigenvalue weighted by Gasteiger charge is 2.53. The number of phenols is 3. The Hall–Kier alpha value is -11.2. The number of alkyl halides is 3. The second kappa shape index (κ2) is 39.1. The number of anilines is 1. The molecule has 0 aliphatic carbocycles. The Labute approximate surface area is 719 Å². The number of fused-ring (bicyclic) bond motifs is 15. The number of ether oxygens (including phenoxy) is 7. The maximum absolute atomic E-state index is 16.3. The number of rotatable bonds is 20. The molecule has 10 amide bonds. The Morgan fingerprint density at radius 2 is 1.34 bits per heavy atom. The summed E-state index contributed by atoms with van der Waals surface area (Å²) in [6, 6.07) is 2.94. The minimum absolute atomic E-state index is 0.127. The lowest BCUT2D eigenvalue weighted by molar-refractivity contribution is -0.334. The number of benzene rings is 6. The largest absolute Gasteiger partial charge is 0.573 e. The number of halogens is 5. The Kier molecular flexibility index (Phi) is 29.1. The molecule has 8 heterocycles. The topological polar surface area (TPSA) is 585 Å². The molecular weight excluding hydrogens is 1700 g/mol. The number of primary amides is 1. The molecule has 6 aromatic rings. The minimum atomic E-state index is -4.91. The molecule has 3 saturated heterocycles. The molecule has 23 N–H and O–H groups in total. The summed E-state index contributed by atoms with van der Waals surface area (Å²) in [6.45, 7) is 7.90. The van der Waals surface area contributed by atoms with E-state index in [1.807, 2.05) is 0 Å². The first kappa shape index (κ1) is 92.9. The SMILES string of the molecule is CNC(CC(C)C)C(=O)NC1C(=O)NC(CC(N)=O)C(=O)NC2C(=O)NC3C(=O)NC(C(=O)N[C@@H](C(=O)NO)c4cc(O)cc(O)c4-c4cc3ccc4O)C(O)c3ccc(c(Cl)c3)Oc3cc2cc(c3OC2OC(CO)C(O)C(O)C2OC2C[C@@](C)(NCCN3CCN(NC(=O)Nc4ccc(OC(F)(F)F)cc4)CC3)C(O)C(C)O2)Oc2ccc(cc2Cl)C1O. The number of aliphatic hydroxyl groups is 6. The van der Waals surface area contributed by atoms with Crippen molar-refractivity contribution in [3.8, 4) is 62.9 Å². The van der Waals surface area contributed by atoms with Crippen molar-refractivity contribution in [1.29, 1.82) is 0 Å². The van der Waals surface area contributed by atoms with Crippen LogP contribution in [0, 0.1) is 5.92 Å². The van der Waals surface area contributed by atoms with Gasteiger partial charge in [0.25, 0.3) is 5.91 Å². The van der Waals surface area contributed by atoms with E-state index in [0.29, 0.717) is 32.7 Å². The predicted octanol–water partition coefficient (Wildman–Crippen LogP) is 1.41. The zero-order chi connectivity index (χ0) is 90.5. The number of amides is 10. The zero-order valence-corrected chi connectivity index (χ0v) is 68.7. The second-order valence-electron chi connectivity index (χ2n) is 31.2. The zero-order valence-electron chi connectivity index (χ0n) is 67.1. The summed E-state index contributed by atoms with van der Waals surface area (Å²) in [4.78, 5) is 134. The molecular formula is C80H93Cl2F3N14O26. The van der Waals surface area contributed by atoms with Crippen molar-refractivity contribution >= 4 is 82.2 Å². The van der Waals surface area contributed by atoms with Crippen LogP contribution in [0.25, 0.3) is 11.1 Å². The highest BCUT2D eigenvalue weighted by Crippen LogP contribution is 2.50. The van der Waals surface area contributed by atoms with E-state index in [9.17, 15) is 88.3 Å². The van der Waals surface area contributed by atoms with Gasteiger partial charge in [0.05, 0.1) is 41.3 Å². The van der Waals surface area contributed by atoms with Gasteiger partial charge in [-0.25, -0.2) is 15.3 Å². The Balaban J connectivity index is 0.956. The van der Waals surface area contributed by atoms with E-state index >= 15 is 19.2 Å². The van der Waals surface area contributed by atoms with E-state index in [-0.39, 0.29) is 53.4 Å². The summed E-state index contributed by atoms with van der Waals surface area (Å²) in [7, 11) is 1.46. The average molecular weight is 1790 g/mol. The molecule has 14 rings (SSSR count). The maximum atomic E-state index is 16.3. The number of aliphatic hydroxyl groups excluding tert-OH is 6. The first-order valence-electron chi connectivity index (χ1n) is 39.2. The van der Waals surface area contributed by atoms with Crippen LogP contribution in [-0.2, 0) is 52.6 Å². The molecule has 6 aromatic carbocycles. The standard InChI is InChI=1S/C80H93Cl2F3N14O26/c1-33(2)22-46(87-5)70(110)94-61-63(105)36-7-14-50(44(81)24-36)120-52-26-38-27-53(67(52)124-77-68(66(108)65(107)54(32-100)122-77)123-56-31-79(4,69(109)34(3)119-56)88-16-17-98-18-20-99(21-19-98)96-78(117)89-39-9-11-41(12-10-39)125-80(83,84)85)121-51-15-8-37(25-45(51)82)64(106)62-75(115)93-60(76(116)97-118)43-28-40(101)29-49(103)57(43)42-23-35(6-13-48(42)102)58(72(112)95-62)92-73(113)59(38)91-71(111)47(30-55(86)104)90-74(61)114/h6-15,23-29,33-34,46-47,54,56,58-66,68-69,77,87-88,100-103,105-109,118H,16-22,30-32H2,1-5H3,(H2,86,104)(H,90,114)(H,91,111)(H,92,113)(H,93,115)(H,94,110)(H,95,112)(H,97,116)(H2,89,96,117)/t34?,46?,47?,54?,56?,58?,59?,60-,61?,62?,63?,64?,65?,66?,68?,69?,77?,79-/m1/s1. The molecule has 0 radical (unpaired) electrons. The third kappa shape index (κ3) is 21.7. The fourth-order valence-electron chi connectivity index (χ4n) is 15.3. The highest BCUT2D eigenvalue weighted by atomic mass is 35.5. The number of hydrogen-bond acceptors (Lipinski definition) is 30. The molecule has 40 nitrogen and oxygen atoms in total. The van der Waals surface area contributed by atoms with E-state index in [1.165, 1.54) is 43.7 Å². The van der Waals surface area contributed by atoms with Crippen LogP contribution in [0.3, 0.4) is 0 Å². The van der Waals surface area contributed by atoms with Crippen molar-refractivity contribution in [3.63, 3.8) is 0 Å². The minimum Gasteiger partial charge on any atom is -0.508 e. The van der Waals surface area contributed by atoms with E-state index in [1.54, 1.807) is 25.8 Å². The number of hydroxylamine groups is 1. The summed E-state index contributed by atoms with van der Waals surface area (Å²) in [5, 5.41) is 140. The molecule has 45 heteroatoms. The van der Waals surface area contributed by atoms with Gasteiger partial charge in [-0.05, 0) is 140 Å². The first-order valence-corrected chi connectivity index (χ1v) is 40.0. The summed E-state index contributed by atoms with van der Waals surface area (Å²) >= 11 is 14.3. The number of hydrogen-bond donors (Lipinski definition) is 22. The number of carbonyl (C=O) groups excluding carboxylic acids is 9.